The highest BCUT2D eigenvalue weighted by Crippen LogP contribution is 2.42. The van der Waals surface area contributed by atoms with E-state index in [1.165, 1.54) is 31.6 Å². The lowest BCUT2D eigenvalue weighted by Gasteiger charge is -2.47. The average molecular weight is 361 g/mol. The Morgan fingerprint density at radius 2 is 1.81 bits per heavy atom. The maximum Gasteiger partial charge on any atom is 0.350 e. The van der Waals surface area contributed by atoms with Crippen LogP contribution in [0.25, 0.3) is 0 Å². The molecule has 0 amide bonds. The zero-order valence-corrected chi connectivity index (χ0v) is 16.3. The number of allylic oxidation sites excluding steroid dienone is 1. The number of nitrogens with zero attached hydrogens (tertiary/aromatic N) is 1. The minimum Gasteiger partial charge on any atom is -0.340 e. The molecule has 5 aliphatic heterocycles. The Morgan fingerprint density at radius 1 is 1.08 bits per heavy atom. The standard InChI is InChI=1S/C21H33N3O2/c1-3-18-8-4-5-11-21(26-18)14-17-10-9-16-13-20(12-6-7-15(2)25-20)22-19(23-21)24(16)17/h4,8,15-18H,3,5-7,9-14H2,1-2H3,(H,22,23)/p+1. The molecule has 0 saturated carbocycles. The van der Waals surface area contributed by atoms with Gasteiger partial charge in [-0.3, -0.25) is 4.58 Å². The van der Waals surface area contributed by atoms with Gasteiger partial charge < -0.3 is 9.47 Å². The highest BCUT2D eigenvalue weighted by Gasteiger charge is 2.57. The van der Waals surface area contributed by atoms with Crippen LogP contribution in [0.5, 0.6) is 0 Å². The first-order valence-electron chi connectivity index (χ1n) is 10.8. The van der Waals surface area contributed by atoms with E-state index in [1.807, 2.05) is 0 Å². The lowest BCUT2D eigenvalue weighted by atomic mass is 9.90. The van der Waals surface area contributed by atoms with Gasteiger partial charge in [-0.15, -0.1) is 0 Å². The Balaban J connectivity index is 1.45. The van der Waals surface area contributed by atoms with Crippen molar-refractivity contribution in [2.45, 2.75) is 114 Å². The highest BCUT2D eigenvalue weighted by atomic mass is 16.5. The number of hydrogen-bond donors (Lipinski definition) is 2. The van der Waals surface area contributed by atoms with Crippen LogP contribution >= 0.6 is 0 Å². The largest absolute Gasteiger partial charge is 0.350 e. The third-order valence-corrected chi connectivity index (χ3v) is 7.16. The Kier molecular flexibility index (Phi) is 4.09. The second-order valence-electron chi connectivity index (χ2n) is 9.14. The van der Waals surface area contributed by atoms with Gasteiger partial charge in [0.15, 0.2) is 11.4 Å². The van der Waals surface area contributed by atoms with E-state index in [0.717, 1.165) is 38.5 Å². The zero-order valence-electron chi connectivity index (χ0n) is 16.3. The molecule has 0 radical (unpaired) electrons. The summed E-state index contributed by atoms with van der Waals surface area (Å²) in [7, 11) is 0. The third-order valence-electron chi connectivity index (χ3n) is 7.16. The molecule has 5 aliphatic rings. The van der Waals surface area contributed by atoms with Gasteiger partial charge in [0.2, 0.25) is 0 Å². The Hall–Kier alpha value is -1.07. The Labute approximate surface area is 157 Å². The molecule has 144 valence electrons. The molecular weight excluding hydrogens is 326 g/mol. The molecule has 5 heteroatoms. The smallest absolute Gasteiger partial charge is 0.340 e. The van der Waals surface area contributed by atoms with Crippen LogP contribution in [0.1, 0.15) is 78.1 Å². The summed E-state index contributed by atoms with van der Waals surface area (Å²) in [6.07, 6.45) is 16.6. The second kappa shape index (κ2) is 6.23. The van der Waals surface area contributed by atoms with Gasteiger partial charge in [0, 0.05) is 25.7 Å². The van der Waals surface area contributed by atoms with Gasteiger partial charge in [-0.1, -0.05) is 19.1 Å². The van der Waals surface area contributed by atoms with Crippen LogP contribution in [-0.2, 0) is 9.47 Å². The summed E-state index contributed by atoms with van der Waals surface area (Å²) in [6.45, 7) is 4.44. The molecule has 2 fully saturated rings. The van der Waals surface area contributed by atoms with Crippen LogP contribution in [0.4, 0.5) is 0 Å². The molecule has 0 aliphatic carbocycles. The molecule has 0 aromatic carbocycles. The molecule has 2 N–H and O–H groups in total. The molecule has 6 unspecified atom stereocenters. The summed E-state index contributed by atoms with van der Waals surface area (Å²) < 4.78 is 15.8. The first-order valence-corrected chi connectivity index (χ1v) is 10.8. The van der Waals surface area contributed by atoms with E-state index in [9.17, 15) is 0 Å². The average Bonchev–Trinajstić information content (AvgIpc) is 2.89. The molecule has 2 spiro atoms. The van der Waals surface area contributed by atoms with E-state index in [1.54, 1.807) is 0 Å². The van der Waals surface area contributed by atoms with Crippen molar-refractivity contribution in [1.29, 1.82) is 0 Å². The lowest BCUT2D eigenvalue weighted by molar-refractivity contribution is -0.603. The predicted octanol–water partition coefficient (Wildman–Crippen LogP) is 3.00. The summed E-state index contributed by atoms with van der Waals surface area (Å²) in [6, 6.07) is 1.20. The summed E-state index contributed by atoms with van der Waals surface area (Å²) in [5.74, 6) is 1.18. The zero-order chi connectivity index (χ0) is 17.8. The highest BCUT2D eigenvalue weighted by molar-refractivity contribution is 5.77. The number of nitrogens with one attached hydrogen (secondary N) is 2. The first-order chi connectivity index (χ1) is 12.6. The molecular formula is C21H34N3O2+. The van der Waals surface area contributed by atoms with Crippen LogP contribution in [0.2, 0.25) is 0 Å². The van der Waals surface area contributed by atoms with Gasteiger partial charge in [0.1, 0.15) is 0 Å². The molecule has 0 aromatic heterocycles. The maximum atomic E-state index is 6.66. The van der Waals surface area contributed by atoms with Gasteiger partial charge in [-0.25, -0.2) is 10.6 Å². The monoisotopic (exact) mass is 360 g/mol. The summed E-state index contributed by atoms with van der Waals surface area (Å²) in [5, 5.41) is 7.69. The van der Waals surface area contributed by atoms with Crippen molar-refractivity contribution >= 4 is 5.96 Å². The van der Waals surface area contributed by atoms with Gasteiger partial charge in [0.25, 0.3) is 0 Å². The molecule has 2 saturated heterocycles. The van der Waals surface area contributed by atoms with Gasteiger partial charge in [0.05, 0.1) is 24.3 Å². The number of rotatable bonds is 1. The topological polar surface area (TPSA) is 45.5 Å². The molecule has 6 atom stereocenters. The number of ether oxygens (including phenoxy) is 2. The minimum atomic E-state index is -0.235. The fraction of sp³-hybridized carbons (Fsp3) is 0.857. The van der Waals surface area contributed by atoms with Crippen molar-refractivity contribution in [1.82, 2.24) is 10.6 Å². The van der Waals surface area contributed by atoms with Crippen molar-refractivity contribution in [3.05, 3.63) is 12.2 Å². The lowest BCUT2D eigenvalue weighted by Crippen LogP contribution is -2.72. The molecule has 0 aromatic rings. The third kappa shape index (κ3) is 2.78. The van der Waals surface area contributed by atoms with E-state index in [4.69, 9.17) is 9.47 Å². The summed E-state index contributed by atoms with van der Waals surface area (Å²) in [5.41, 5.74) is -0.414. The van der Waals surface area contributed by atoms with Crippen molar-refractivity contribution in [3.63, 3.8) is 0 Å². The van der Waals surface area contributed by atoms with E-state index in [0.29, 0.717) is 18.2 Å². The van der Waals surface area contributed by atoms with Crippen molar-refractivity contribution in [2.75, 3.05) is 0 Å². The van der Waals surface area contributed by atoms with Crippen LogP contribution < -0.4 is 10.6 Å². The second-order valence-corrected chi connectivity index (χ2v) is 9.14. The normalized spacial score (nSPS) is 47.5. The Bertz CT molecular complexity index is 633. The number of hydrogen-bond acceptors (Lipinski definition) is 4. The molecule has 0 bridgehead atoms. The molecule has 5 heterocycles. The van der Waals surface area contributed by atoms with Crippen LogP contribution in [0, 0.1) is 0 Å². The van der Waals surface area contributed by atoms with Gasteiger partial charge >= 0.3 is 5.96 Å². The van der Waals surface area contributed by atoms with Crippen LogP contribution in [0.15, 0.2) is 12.2 Å². The van der Waals surface area contributed by atoms with E-state index >= 15 is 0 Å². The van der Waals surface area contributed by atoms with Crippen LogP contribution in [0.3, 0.4) is 0 Å². The fourth-order valence-corrected chi connectivity index (χ4v) is 6.02. The quantitative estimate of drug-likeness (QED) is 0.557. The SMILES string of the molecule is CCC1C=CCCC2(CC3CCC4CC5(CCCC(C)O5)NC(=[N+]43)N2)O1. The Morgan fingerprint density at radius 3 is 2.50 bits per heavy atom. The predicted molar refractivity (Wildman–Crippen MR) is 101 cm³/mol. The molecule has 5 nitrogen and oxygen atoms in total. The van der Waals surface area contributed by atoms with Gasteiger partial charge in [-0.2, -0.15) is 0 Å². The number of guanidine groups is 1. The summed E-state index contributed by atoms with van der Waals surface area (Å²) in [4.78, 5) is 0. The fourth-order valence-electron chi connectivity index (χ4n) is 6.02. The van der Waals surface area contributed by atoms with E-state index < -0.39 is 0 Å². The maximum absolute atomic E-state index is 6.66. The van der Waals surface area contributed by atoms with Crippen molar-refractivity contribution in [3.8, 4) is 0 Å². The van der Waals surface area contributed by atoms with Gasteiger partial charge in [-0.05, 0) is 45.4 Å². The molecule has 26 heavy (non-hydrogen) atoms. The van der Waals surface area contributed by atoms with Crippen molar-refractivity contribution in [2.24, 2.45) is 0 Å². The van der Waals surface area contributed by atoms with E-state index in [2.05, 4.69) is 41.2 Å². The van der Waals surface area contributed by atoms with Crippen LogP contribution in [-0.4, -0.2) is 46.3 Å². The first kappa shape index (κ1) is 17.1. The summed E-state index contributed by atoms with van der Waals surface area (Å²) >= 11 is 0. The minimum absolute atomic E-state index is 0.179. The van der Waals surface area contributed by atoms with E-state index in [-0.39, 0.29) is 17.6 Å². The molecule has 5 rings (SSSR count). The van der Waals surface area contributed by atoms with Crippen molar-refractivity contribution < 1.29 is 14.0 Å².